The number of nitrogens with two attached hydrogens (primary N) is 1. The van der Waals surface area contributed by atoms with Crippen LogP contribution >= 0.6 is 23.7 Å². The van der Waals surface area contributed by atoms with Crippen LogP contribution in [0.25, 0.3) is 0 Å². The lowest BCUT2D eigenvalue weighted by Crippen LogP contribution is -2.29. The number of carbonyl (C=O) groups is 1. The molecule has 0 bridgehead atoms. The second kappa shape index (κ2) is 6.77. The minimum Gasteiger partial charge on any atom is -0.399 e. The SMILES string of the molecule is Cc1ccc(N)cc1C(=O)N(C)C(C)c1cccs1.Cl. The summed E-state index contributed by atoms with van der Waals surface area (Å²) in [6.45, 7) is 3.96. The van der Waals surface area contributed by atoms with E-state index >= 15 is 0 Å². The molecule has 0 saturated carbocycles. The Labute approximate surface area is 129 Å². The largest absolute Gasteiger partial charge is 0.399 e. The summed E-state index contributed by atoms with van der Waals surface area (Å²) in [6, 6.07) is 9.55. The summed E-state index contributed by atoms with van der Waals surface area (Å²) in [4.78, 5) is 15.5. The van der Waals surface area contributed by atoms with Crippen LogP contribution in [0, 0.1) is 6.92 Å². The quantitative estimate of drug-likeness (QED) is 0.874. The Balaban J connectivity index is 0.00000200. The topological polar surface area (TPSA) is 46.3 Å². The Morgan fingerprint density at radius 2 is 2.05 bits per heavy atom. The van der Waals surface area contributed by atoms with E-state index in [0.717, 1.165) is 5.56 Å². The number of amides is 1. The highest BCUT2D eigenvalue weighted by atomic mass is 35.5. The molecule has 0 spiro atoms. The van der Waals surface area contributed by atoms with Gasteiger partial charge in [0, 0.05) is 23.2 Å². The predicted octanol–water partition coefficient (Wildman–Crippen LogP) is 3.89. The number of anilines is 1. The Morgan fingerprint density at radius 1 is 1.35 bits per heavy atom. The van der Waals surface area contributed by atoms with E-state index in [-0.39, 0.29) is 24.4 Å². The van der Waals surface area contributed by atoms with E-state index in [9.17, 15) is 4.79 Å². The maximum Gasteiger partial charge on any atom is 0.254 e. The molecule has 108 valence electrons. The molecule has 20 heavy (non-hydrogen) atoms. The number of nitrogens with zero attached hydrogens (tertiary/aromatic N) is 1. The lowest BCUT2D eigenvalue weighted by atomic mass is 10.1. The maximum atomic E-state index is 12.5. The Bertz CT molecular complexity index is 584. The van der Waals surface area contributed by atoms with Gasteiger partial charge < -0.3 is 10.6 Å². The molecular weight excluding hydrogens is 292 g/mol. The van der Waals surface area contributed by atoms with E-state index in [1.807, 2.05) is 50.5 Å². The van der Waals surface area contributed by atoms with Crippen molar-refractivity contribution in [1.82, 2.24) is 4.90 Å². The van der Waals surface area contributed by atoms with Gasteiger partial charge in [0.1, 0.15) is 0 Å². The lowest BCUT2D eigenvalue weighted by molar-refractivity contribution is 0.0744. The van der Waals surface area contributed by atoms with Crippen molar-refractivity contribution in [1.29, 1.82) is 0 Å². The number of thiophene rings is 1. The fourth-order valence-corrected chi connectivity index (χ4v) is 2.78. The first-order chi connectivity index (χ1) is 9.00. The van der Waals surface area contributed by atoms with Crippen LogP contribution in [0.4, 0.5) is 5.69 Å². The summed E-state index contributed by atoms with van der Waals surface area (Å²) in [5.74, 6) is 0.00528. The van der Waals surface area contributed by atoms with Crippen LogP contribution in [-0.4, -0.2) is 17.9 Å². The third kappa shape index (κ3) is 3.32. The van der Waals surface area contributed by atoms with Crippen LogP contribution in [0.2, 0.25) is 0 Å². The smallest absolute Gasteiger partial charge is 0.254 e. The normalized spacial score (nSPS) is 11.6. The number of nitrogen functional groups attached to an aromatic ring is 1. The maximum absolute atomic E-state index is 12.5. The zero-order valence-corrected chi connectivity index (χ0v) is 13.4. The summed E-state index contributed by atoms with van der Waals surface area (Å²) < 4.78 is 0. The van der Waals surface area contributed by atoms with E-state index in [0.29, 0.717) is 11.3 Å². The summed E-state index contributed by atoms with van der Waals surface area (Å²) in [5.41, 5.74) is 8.00. The minimum atomic E-state index is 0. The molecule has 5 heteroatoms. The molecule has 1 aromatic heterocycles. The van der Waals surface area contributed by atoms with Crippen LogP contribution in [0.3, 0.4) is 0 Å². The van der Waals surface area contributed by atoms with Gasteiger partial charge in [-0.15, -0.1) is 23.7 Å². The van der Waals surface area contributed by atoms with Crippen molar-refractivity contribution in [2.24, 2.45) is 0 Å². The van der Waals surface area contributed by atoms with Gasteiger partial charge in [-0.3, -0.25) is 4.79 Å². The molecule has 0 fully saturated rings. The molecule has 3 nitrogen and oxygen atoms in total. The first-order valence-corrected chi connectivity index (χ1v) is 7.05. The predicted molar refractivity (Wildman–Crippen MR) is 87.7 cm³/mol. The van der Waals surface area contributed by atoms with Gasteiger partial charge in [-0.05, 0) is 43.0 Å². The van der Waals surface area contributed by atoms with Gasteiger partial charge in [0.15, 0.2) is 0 Å². The molecular formula is C15H19ClN2OS. The van der Waals surface area contributed by atoms with Gasteiger partial charge in [-0.25, -0.2) is 0 Å². The number of carbonyl (C=O) groups excluding carboxylic acids is 1. The van der Waals surface area contributed by atoms with Crippen LogP contribution in [0.1, 0.15) is 33.8 Å². The van der Waals surface area contributed by atoms with Gasteiger partial charge in [0.2, 0.25) is 0 Å². The fourth-order valence-electron chi connectivity index (χ4n) is 1.96. The van der Waals surface area contributed by atoms with Crippen molar-refractivity contribution in [2.75, 3.05) is 12.8 Å². The van der Waals surface area contributed by atoms with E-state index in [1.165, 1.54) is 4.88 Å². The average Bonchev–Trinajstić information content (AvgIpc) is 2.93. The van der Waals surface area contributed by atoms with Gasteiger partial charge in [0.25, 0.3) is 5.91 Å². The molecule has 1 heterocycles. The van der Waals surface area contributed by atoms with Crippen LogP contribution in [0.5, 0.6) is 0 Å². The molecule has 0 aliphatic carbocycles. The minimum absolute atomic E-state index is 0. The number of hydrogen-bond donors (Lipinski definition) is 1. The number of halogens is 1. The van der Waals surface area contributed by atoms with E-state index in [1.54, 1.807) is 22.3 Å². The number of hydrogen-bond acceptors (Lipinski definition) is 3. The highest BCUT2D eigenvalue weighted by molar-refractivity contribution is 7.10. The average molecular weight is 311 g/mol. The standard InChI is InChI=1S/C15H18N2OS.ClH/c1-10-6-7-12(16)9-13(10)15(18)17(3)11(2)14-5-4-8-19-14;/h4-9,11H,16H2,1-3H3;1H. The Morgan fingerprint density at radius 3 is 2.65 bits per heavy atom. The number of benzene rings is 1. The zero-order chi connectivity index (χ0) is 14.0. The third-order valence-corrected chi connectivity index (χ3v) is 4.39. The molecule has 0 aliphatic heterocycles. The first kappa shape index (κ1) is 16.5. The molecule has 2 aromatic rings. The molecule has 2 N–H and O–H groups in total. The molecule has 1 aromatic carbocycles. The molecule has 2 rings (SSSR count). The van der Waals surface area contributed by atoms with Crippen molar-refractivity contribution in [3.05, 3.63) is 51.7 Å². The highest BCUT2D eigenvalue weighted by Gasteiger charge is 2.20. The third-order valence-electron chi connectivity index (χ3n) is 3.35. The van der Waals surface area contributed by atoms with Crippen molar-refractivity contribution >= 4 is 35.3 Å². The van der Waals surface area contributed by atoms with E-state index in [2.05, 4.69) is 0 Å². The van der Waals surface area contributed by atoms with E-state index < -0.39 is 0 Å². The summed E-state index contributed by atoms with van der Waals surface area (Å²) in [7, 11) is 1.83. The van der Waals surface area contributed by atoms with Gasteiger partial charge >= 0.3 is 0 Å². The number of aryl methyl sites for hydroxylation is 1. The molecule has 0 radical (unpaired) electrons. The fraction of sp³-hybridized carbons (Fsp3) is 0.267. The van der Waals surface area contributed by atoms with Crippen LogP contribution in [-0.2, 0) is 0 Å². The second-order valence-electron chi connectivity index (χ2n) is 4.68. The Kier molecular flexibility index (Phi) is 5.60. The van der Waals surface area contributed by atoms with Gasteiger partial charge in [-0.1, -0.05) is 12.1 Å². The molecule has 0 saturated heterocycles. The Hall–Kier alpha value is -1.52. The van der Waals surface area contributed by atoms with Crippen molar-refractivity contribution in [3.63, 3.8) is 0 Å². The monoisotopic (exact) mass is 310 g/mol. The van der Waals surface area contributed by atoms with Gasteiger partial charge in [0.05, 0.1) is 6.04 Å². The highest BCUT2D eigenvalue weighted by Crippen LogP contribution is 2.25. The summed E-state index contributed by atoms with van der Waals surface area (Å²) in [6.07, 6.45) is 0. The lowest BCUT2D eigenvalue weighted by Gasteiger charge is -2.25. The van der Waals surface area contributed by atoms with Crippen molar-refractivity contribution in [2.45, 2.75) is 19.9 Å². The second-order valence-corrected chi connectivity index (χ2v) is 5.66. The summed E-state index contributed by atoms with van der Waals surface area (Å²) >= 11 is 1.66. The van der Waals surface area contributed by atoms with Crippen molar-refractivity contribution in [3.8, 4) is 0 Å². The molecule has 1 amide bonds. The summed E-state index contributed by atoms with van der Waals surface area (Å²) in [5, 5.41) is 2.02. The van der Waals surface area contributed by atoms with Crippen LogP contribution in [0.15, 0.2) is 35.7 Å². The molecule has 1 atom stereocenters. The van der Waals surface area contributed by atoms with Crippen molar-refractivity contribution < 1.29 is 4.79 Å². The van der Waals surface area contributed by atoms with E-state index in [4.69, 9.17) is 5.73 Å². The van der Waals surface area contributed by atoms with Gasteiger partial charge in [-0.2, -0.15) is 0 Å². The number of rotatable bonds is 3. The first-order valence-electron chi connectivity index (χ1n) is 6.17. The van der Waals surface area contributed by atoms with Crippen LogP contribution < -0.4 is 5.73 Å². The zero-order valence-electron chi connectivity index (χ0n) is 11.8. The molecule has 0 aliphatic rings. The molecule has 1 unspecified atom stereocenters.